The molecule has 4 heteroatoms. The Morgan fingerprint density at radius 1 is 0.875 bits per heavy atom. The highest BCUT2D eigenvalue weighted by Crippen LogP contribution is 2.40. The maximum atomic E-state index is 5.58. The van der Waals surface area contributed by atoms with Gasteiger partial charge >= 0.3 is 0 Å². The van der Waals surface area contributed by atoms with Crippen molar-refractivity contribution in [1.29, 1.82) is 0 Å². The van der Waals surface area contributed by atoms with Crippen LogP contribution in [-0.4, -0.2) is 39.3 Å². The molecule has 0 radical (unpaired) electrons. The van der Waals surface area contributed by atoms with Crippen LogP contribution in [0, 0.1) is 0 Å². The number of ether oxygens (including phenoxy) is 3. The molecule has 2 aromatic carbocycles. The molecule has 0 unspecified atom stereocenters. The molecule has 0 amide bonds. The number of fused-ring (bicyclic) bond motifs is 1. The molecule has 0 bridgehead atoms. The van der Waals surface area contributed by atoms with Crippen LogP contribution in [0.15, 0.2) is 36.4 Å². The largest absolute Gasteiger partial charge is 0.493 e. The zero-order chi connectivity index (χ0) is 16.9. The summed E-state index contributed by atoms with van der Waals surface area (Å²) in [6.07, 6.45) is 2.05. The first-order chi connectivity index (χ1) is 11.8. The first-order valence-electron chi connectivity index (χ1n) is 8.33. The van der Waals surface area contributed by atoms with Crippen LogP contribution in [0.1, 0.15) is 16.7 Å². The predicted octanol–water partition coefficient (Wildman–Crippen LogP) is 3.31. The Kier molecular flexibility index (Phi) is 5.26. The van der Waals surface area contributed by atoms with Crippen LogP contribution in [0.4, 0.5) is 0 Å². The van der Waals surface area contributed by atoms with Crippen LogP contribution >= 0.6 is 0 Å². The quantitative estimate of drug-likeness (QED) is 0.814. The van der Waals surface area contributed by atoms with Crippen molar-refractivity contribution in [2.75, 3.05) is 34.4 Å². The van der Waals surface area contributed by atoms with Gasteiger partial charge in [-0.2, -0.15) is 0 Å². The Labute approximate surface area is 144 Å². The molecular formula is C20H25NO3. The smallest absolute Gasteiger partial charge is 0.203 e. The number of hydrogen-bond donors (Lipinski definition) is 0. The fraction of sp³-hybridized carbons (Fsp3) is 0.400. The van der Waals surface area contributed by atoms with Crippen molar-refractivity contribution in [1.82, 2.24) is 4.90 Å². The minimum atomic E-state index is 0.668. The third kappa shape index (κ3) is 3.34. The summed E-state index contributed by atoms with van der Waals surface area (Å²) in [5.74, 6) is 2.14. The predicted molar refractivity (Wildman–Crippen MR) is 95.2 cm³/mol. The molecule has 1 aliphatic rings. The maximum Gasteiger partial charge on any atom is 0.203 e. The molecule has 24 heavy (non-hydrogen) atoms. The lowest BCUT2D eigenvalue weighted by atomic mass is 9.99. The average Bonchev–Trinajstić information content (AvgIpc) is 2.65. The van der Waals surface area contributed by atoms with E-state index in [-0.39, 0.29) is 0 Å². The highest BCUT2D eigenvalue weighted by Gasteiger charge is 2.18. The van der Waals surface area contributed by atoms with Crippen LogP contribution in [0.25, 0.3) is 0 Å². The highest BCUT2D eigenvalue weighted by atomic mass is 16.5. The van der Waals surface area contributed by atoms with Crippen molar-refractivity contribution in [3.63, 3.8) is 0 Å². The van der Waals surface area contributed by atoms with E-state index in [1.165, 1.54) is 11.1 Å². The van der Waals surface area contributed by atoms with E-state index in [0.29, 0.717) is 11.5 Å². The molecule has 0 atom stereocenters. The topological polar surface area (TPSA) is 30.9 Å². The zero-order valence-electron chi connectivity index (χ0n) is 14.7. The lowest BCUT2D eigenvalue weighted by Gasteiger charge is -2.29. The molecule has 4 nitrogen and oxygen atoms in total. The third-order valence-corrected chi connectivity index (χ3v) is 4.69. The summed E-state index contributed by atoms with van der Waals surface area (Å²) in [5, 5.41) is 0. The molecule has 128 valence electrons. The Bertz CT molecular complexity index is 699. The van der Waals surface area contributed by atoms with Gasteiger partial charge in [0.25, 0.3) is 0 Å². The monoisotopic (exact) mass is 327 g/mol. The number of benzene rings is 2. The van der Waals surface area contributed by atoms with E-state index in [0.717, 1.165) is 43.8 Å². The number of rotatable bonds is 6. The van der Waals surface area contributed by atoms with E-state index < -0.39 is 0 Å². The summed E-state index contributed by atoms with van der Waals surface area (Å²) in [6, 6.07) is 12.7. The van der Waals surface area contributed by atoms with Gasteiger partial charge in [-0.25, -0.2) is 0 Å². The second-order valence-corrected chi connectivity index (χ2v) is 6.04. The van der Waals surface area contributed by atoms with Crippen LogP contribution in [0.5, 0.6) is 17.2 Å². The van der Waals surface area contributed by atoms with Crippen molar-refractivity contribution in [2.45, 2.75) is 19.4 Å². The zero-order valence-corrected chi connectivity index (χ0v) is 14.7. The van der Waals surface area contributed by atoms with Gasteiger partial charge in [0.2, 0.25) is 5.75 Å². The van der Waals surface area contributed by atoms with Crippen LogP contribution in [-0.2, 0) is 19.4 Å². The SMILES string of the molecule is COc1ccc(CCN2CCc3ccccc3C2)c(OC)c1OC. The van der Waals surface area contributed by atoms with Crippen LogP contribution in [0.3, 0.4) is 0 Å². The molecule has 0 fully saturated rings. The molecule has 0 aromatic heterocycles. The molecule has 0 N–H and O–H groups in total. The van der Waals surface area contributed by atoms with E-state index in [1.54, 1.807) is 21.3 Å². The fourth-order valence-electron chi connectivity index (χ4n) is 3.38. The van der Waals surface area contributed by atoms with Gasteiger partial charge in [0.15, 0.2) is 11.5 Å². The lowest BCUT2D eigenvalue weighted by Crippen LogP contribution is -2.32. The summed E-state index contributed by atoms with van der Waals surface area (Å²) >= 11 is 0. The summed E-state index contributed by atoms with van der Waals surface area (Å²) in [7, 11) is 4.96. The van der Waals surface area contributed by atoms with E-state index in [4.69, 9.17) is 14.2 Å². The van der Waals surface area contributed by atoms with Crippen molar-refractivity contribution in [2.24, 2.45) is 0 Å². The van der Waals surface area contributed by atoms with Gasteiger partial charge in [0.1, 0.15) is 0 Å². The first kappa shape index (κ1) is 16.7. The number of hydrogen-bond acceptors (Lipinski definition) is 4. The molecular weight excluding hydrogens is 302 g/mol. The fourth-order valence-corrected chi connectivity index (χ4v) is 3.38. The number of methoxy groups -OCH3 is 3. The van der Waals surface area contributed by atoms with Gasteiger partial charge < -0.3 is 14.2 Å². The second kappa shape index (κ2) is 7.58. The van der Waals surface area contributed by atoms with Crippen molar-refractivity contribution in [3.05, 3.63) is 53.1 Å². The Balaban J connectivity index is 1.71. The van der Waals surface area contributed by atoms with Gasteiger partial charge in [0, 0.05) is 19.6 Å². The Morgan fingerprint density at radius 2 is 1.62 bits per heavy atom. The van der Waals surface area contributed by atoms with E-state index >= 15 is 0 Å². The maximum absolute atomic E-state index is 5.58. The number of nitrogens with zero attached hydrogens (tertiary/aromatic N) is 1. The molecule has 2 aromatic rings. The Hall–Kier alpha value is -2.20. The standard InChI is InChI=1S/C20H25NO3/c1-22-18-9-8-16(19(23-2)20(18)24-3)11-13-21-12-10-15-6-4-5-7-17(15)14-21/h4-9H,10-14H2,1-3H3. The summed E-state index contributed by atoms with van der Waals surface area (Å²) in [4.78, 5) is 2.50. The molecule has 0 saturated carbocycles. The van der Waals surface area contributed by atoms with Gasteiger partial charge in [-0.3, -0.25) is 4.90 Å². The summed E-state index contributed by atoms with van der Waals surface area (Å²) in [6.45, 7) is 3.12. The minimum absolute atomic E-state index is 0.668. The van der Waals surface area contributed by atoms with Crippen molar-refractivity contribution >= 4 is 0 Å². The summed E-state index contributed by atoms with van der Waals surface area (Å²) < 4.78 is 16.4. The minimum Gasteiger partial charge on any atom is -0.493 e. The molecule has 1 aliphatic heterocycles. The van der Waals surface area contributed by atoms with Crippen molar-refractivity contribution < 1.29 is 14.2 Å². The molecule has 1 heterocycles. The van der Waals surface area contributed by atoms with E-state index in [1.807, 2.05) is 6.07 Å². The highest BCUT2D eigenvalue weighted by molar-refractivity contribution is 5.55. The van der Waals surface area contributed by atoms with Crippen LogP contribution < -0.4 is 14.2 Å². The van der Waals surface area contributed by atoms with Gasteiger partial charge in [-0.05, 0) is 35.6 Å². The first-order valence-corrected chi connectivity index (χ1v) is 8.33. The second-order valence-electron chi connectivity index (χ2n) is 6.04. The molecule has 0 spiro atoms. The van der Waals surface area contributed by atoms with Gasteiger partial charge in [-0.1, -0.05) is 30.3 Å². The normalized spacial score (nSPS) is 14.1. The molecule has 0 aliphatic carbocycles. The lowest BCUT2D eigenvalue weighted by molar-refractivity contribution is 0.255. The van der Waals surface area contributed by atoms with Gasteiger partial charge in [-0.15, -0.1) is 0 Å². The van der Waals surface area contributed by atoms with E-state index in [2.05, 4.69) is 35.2 Å². The van der Waals surface area contributed by atoms with Crippen LogP contribution in [0.2, 0.25) is 0 Å². The Morgan fingerprint density at radius 3 is 2.33 bits per heavy atom. The van der Waals surface area contributed by atoms with Gasteiger partial charge in [0.05, 0.1) is 21.3 Å². The molecule has 0 saturated heterocycles. The van der Waals surface area contributed by atoms with Crippen molar-refractivity contribution in [3.8, 4) is 17.2 Å². The molecule has 3 rings (SSSR count). The van der Waals surface area contributed by atoms with E-state index in [9.17, 15) is 0 Å². The summed E-state index contributed by atoms with van der Waals surface area (Å²) in [5.41, 5.74) is 4.08. The average molecular weight is 327 g/mol. The third-order valence-electron chi connectivity index (χ3n) is 4.69.